The highest BCUT2D eigenvalue weighted by Gasteiger charge is 1.79. The van der Waals surface area contributed by atoms with Gasteiger partial charge in [-0.25, -0.2) is 0 Å². The van der Waals surface area contributed by atoms with Crippen molar-refractivity contribution in [2.24, 2.45) is 0 Å². The maximum Gasteiger partial charge on any atom is -0.0326 e. The second-order valence-corrected chi connectivity index (χ2v) is 1.89. The average Bonchev–Trinajstić information content (AvgIpc) is 1.93. The van der Waals surface area contributed by atoms with Crippen LogP contribution in [0, 0.1) is 0 Å². The van der Waals surface area contributed by atoms with Crippen molar-refractivity contribution in [2.75, 3.05) is 0 Å². The van der Waals surface area contributed by atoms with Gasteiger partial charge >= 0.3 is 0 Å². The number of hydrogen-bond donors (Lipinski definition) is 0. The van der Waals surface area contributed by atoms with E-state index in [0.29, 0.717) is 0 Å². The Kier molecular flexibility index (Phi) is 13.7. The van der Waals surface area contributed by atoms with Crippen LogP contribution in [-0.2, 0) is 0 Å². The van der Waals surface area contributed by atoms with E-state index in [2.05, 4.69) is 26.8 Å². The summed E-state index contributed by atoms with van der Waals surface area (Å²) >= 11 is 0. The molecule has 0 bridgehead atoms. The SMILES string of the molecule is C/C=C(/C)CCC.CC. The second-order valence-electron chi connectivity index (χ2n) is 1.89. The fourth-order valence-electron chi connectivity index (χ4n) is 0.539. The molecular formula is C9H20. The monoisotopic (exact) mass is 128 g/mol. The number of allylic oxidation sites excluding steroid dienone is 2. The number of hydrogen-bond acceptors (Lipinski definition) is 0. The molecule has 0 atom stereocenters. The van der Waals surface area contributed by atoms with Crippen LogP contribution >= 0.6 is 0 Å². The van der Waals surface area contributed by atoms with Crippen LogP contribution in [-0.4, -0.2) is 0 Å². The van der Waals surface area contributed by atoms with Gasteiger partial charge in [0.2, 0.25) is 0 Å². The van der Waals surface area contributed by atoms with Crippen LogP contribution in [0.4, 0.5) is 0 Å². The lowest BCUT2D eigenvalue weighted by Gasteiger charge is -1.91. The maximum absolute atomic E-state index is 2.20. The summed E-state index contributed by atoms with van der Waals surface area (Å²) in [4.78, 5) is 0. The van der Waals surface area contributed by atoms with Crippen LogP contribution in [0.25, 0.3) is 0 Å². The summed E-state index contributed by atoms with van der Waals surface area (Å²) < 4.78 is 0. The summed E-state index contributed by atoms with van der Waals surface area (Å²) in [5.41, 5.74) is 1.50. The third-order valence-corrected chi connectivity index (χ3v) is 1.14. The fraction of sp³-hybridized carbons (Fsp3) is 0.778. The Balaban J connectivity index is 0. The summed E-state index contributed by atoms with van der Waals surface area (Å²) in [7, 11) is 0. The van der Waals surface area contributed by atoms with Crippen molar-refractivity contribution in [3.8, 4) is 0 Å². The van der Waals surface area contributed by atoms with Gasteiger partial charge in [0, 0.05) is 0 Å². The molecule has 0 aliphatic heterocycles. The molecule has 0 nitrogen and oxygen atoms in total. The molecule has 0 amide bonds. The van der Waals surface area contributed by atoms with Gasteiger partial charge in [-0.2, -0.15) is 0 Å². The highest BCUT2D eigenvalue weighted by molar-refractivity contribution is 4.94. The van der Waals surface area contributed by atoms with Gasteiger partial charge in [0.05, 0.1) is 0 Å². The Morgan fingerprint density at radius 3 is 1.89 bits per heavy atom. The Labute approximate surface area is 60.0 Å². The third-order valence-electron chi connectivity index (χ3n) is 1.14. The zero-order valence-electron chi connectivity index (χ0n) is 7.49. The molecule has 0 rings (SSSR count). The van der Waals surface area contributed by atoms with Crippen molar-refractivity contribution in [1.29, 1.82) is 0 Å². The van der Waals surface area contributed by atoms with E-state index in [0.717, 1.165) is 0 Å². The minimum Gasteiger partial charge on any atom is -0.0887 e. The summed E-state index contributed by atoms with van der Waals surface area (Å²) in [5, 5.41) is 0. The Morgan fingerprint density at radius 2 is 1.78 bits per heavy atom. The van der Waals surface area contributed by atoms with Crippen molar-refractivity contribution in [1.82, 2.24) is 0 Å². The first-order valence-corrected chi connectivity index (χ1v) is 3.93. The van der Waals surface area contributed by atoms with E-state index in [1.807, 2.05) is 13.8 Å². The Bertz CT molecular complexity index is 60.4. The van der Waals surface area contributed by atoms with Crippen molar-refractivity contribution in [2.45, 2.75) is 47.5 Å². The molecule has 0 aliphatic carbocycles. The summed E-state index contributed by atoms with van der Waals surface area (Å²) in [6.45, 7) is 10.5. The minimum atomic E-state index is 1.26. The fourth-order valence-corrected chi connectivity index (χ4v) is 0.539. The highest BCUT2D eigenvalue weighted by atomic mass is 13.9. The molecule has 0 fully saturated rings. The molecule has 0 aliphatic rings. The Morgan fingerprint density at radius 1 is 1.33 bits per heavy atom. The number of rotatable bonds is 2. The van der Waals surface area contributed by atoms with Crippen LogP contribution in [0.5, 0.6) is 0 Å². The molecule has 0 radical (unpaired) electrons. The first-order chi connectivity index (χ1) is 4.31. The molecule has 0 spiro atoms. The molecule has 9 heavy (non-hydrogen) atoms. The van der Waals surface area contributed by atoms with E-state index in [4.69, 9.17) is 0 Å². The van der Waals surface area contributed by atoms with Gasteiger partial charge < -0.3 is 0 Å². The van der Waals surface area contributed by atoms with Crippen LogP contribution in [0.2, 0.25) is 0 Å². The molecule has 0 aromatic carbocycles. The summed E-state index contributed by atoms with van der Waals surface area (Å²) in [6.07, 6.45) is 4.70. The van der Waals surface area contributed by atoms with E-state index in [-0.39, 0.29) is 0 Å². The molecule has 0 unspecified atom stereocenters. The van der Waals surface area contributed by atoms with Gasteiger partial charge in [0.15, 0.2) is 0 Å². The zero-order chi connectivity index (χ0) is 7.70. The molecule has 0 saturated carbocycles. The summed E-state index contributed by atoms with van der Waals surface area (Å²) in [6, 6.07) is 0. The predicted octanol–water partition coefficient (Wildman–Crippen LogP) is 3.78. The first-order valence-electron chi connectivity index (χ1n) is 3.93. The molecule has 0 heteroatoms. The highest BCUT2D eigenvalue weighted by Crippen LogP contribution is 2.00. The largest absolute Gasteiger partial charge is 0.0887 e. The topological polar surface area (TPSA) is 0 Å². The minimum absolute atomic E-state index is 1.26. The zero-order valence-corrected chi connectivity index (χ0v) is 7.49. The molecular weight excluding hydrogens is 108 g/mol. The van der Waals surface area contributed by atoms with Crippen LogP contribution in [0.15, 0.2) is 11.6 Å². The van der Waals surface area contributed by atoms with E-state index >= 15 is 0 Å². The van der Waals surface area contributed by atoms with E-state index in [1.165, 1.54) is 18.4 Å². The lowest BCUT2D eigenvalue weighted by Crippen LogP contribution is -1.70. The van der Waals surface area contributed by atoms with Crippen molar-refractivity contribution in [3.63, 3.8) is 0 Å². The molecule has 0 heterocycles. The van der Waals surface area contributed by atoms with Crippen LogP contribution in [0.1, 0.15) is 47.5 Å². The summed E-state index contributed by atoms with van der Waals surface area (Å²) in [5.74, 6) is 0. The lowest BCUT2D eigenvalue weighted by atomic mass is 10.2. The van der Waals surface area contributed by atoms with Gasteiger partial charge in [0.1, 0.15) is 0 Å². The van der Waals surface area contributed by atoms with Crippen LogP contribution < -0.4 is 0 Å². The Hall–Kier alpha value is -0.260. The standard InChI is InChI=1S/C7H14.C2H6/c1-4-6-7(3)5-2;1-2/h5H,4,6H2,1-3H3;1-2H3/b7-5-;. The maximum atomic E-state index is 2.20. The van der Waals surface area contributed by atoms with Gasteiger partial charge in [-0.3, -0.25) is 0 Å². The normalized spacial score (nSPS) is 10.1. The van der Waals surface area contributed by atoms with Crippen molar-refractivity contribution < 1.29 is 0 Å². The molecule has 0 aromatic rings. The van der Waals surface area contributed by atoms with Crippen molar-refractivity contribution in [3.05, 3.63) is 11.6 Å². The quantitative estimate of drug-likeness (QED) is 0.496. The van der Waals surface area contributed by atoms with E-state index in [9.17, 15) is 0 Å². The lowest BCUT2D eigenvalue weighted by molar-refractivity contribution is 0.903. The van der Waals surface area contributed by atoms with Gasteiger partial charge in [-0.1, -0.05) is 38.8 Å². The van der Waals surface area contributed by atoms with E-state index < -0.39 is 0 Å². The smallest absolute Gasteiger partial charge is 0.0326 e. The molecule has 0 saturated heterocycles. The van der Waals surface area contributed by atoms with Gasteiger partial charge in [0.25, 0.3) is 0 Å². The average molecular weight is 128 g/mol. The van der Waals surface area contributed by atoms with Gasteiger partial charge in [-0.05, 0) is 20.3 Å². The first kappa shape index (κ1) is 11.5. The third kappa shape index (κ3) is 11.4. The molecule has 0 aromatic heterocycles. The van der Waals surface area contributed by atoms with E-state index in [1.54, 1.807) is 0 Å². The van der Waals surface area contributed by atoms with Crippen LogP contribution in [0.3, 0.4) is 0 Å². The van der Waals surface area contributed by atoms with Gasteiger partial charge in [-0.15, -0.1) is 0 Å². The molecule has 56 valence electrons. The predicted molar refractivity (Wildman–Crippen MR) is 45.7 cm³/mol. The second kappa shape index (κ2) is 10.7. The van der Waals surface area contributed by atoms with Crippen molar-refractivity contribution >= 4 is 0 Å². The molecule has 0 N–H and O–H groups in total.